The number of anilines is 1. The molecule has 2 heterocycles. The highest BCUT2D eigenvalue weighted by atomic mass is 16.1. The Bertz CT molecular complexity index is 574. The average molecular weight is 260 g/mol. The van der Waals surface area contributed by atoms with Crippen LogP contribution in [0.15, 0.2) is 18.6 Å². The summed E-state index contributed by atoms with van der Waals surface area (Å²) in [7, 11) is 3.59. The molecule has 2 aromatic rings. The third-order valence-electron chi connectivity index (χ3n) is 2.70. The van der Waals surface area contributed by atoms with Gasteiger partial charge in [-0.05, 0) is 6.92 Å². The molecule has 0 bridgehead atoms. The fraction of sp³-hybridized carbons (Fsp3) is 0.333. The fourth-order valence-corrected chi connectivity index (χ4v) is 1.66. The van der Waals surface area contributed by atoms with Crippen LogP contribution >= 0.6 is 0 Å². The van der Waals surface area contributed by atoms with Crippen molar-refractivity contribution in [1.29, 1.82) is 0 Å². The predicted octanol–water partition coefficient (Wildman–Crippen LogP) is 0.490. The van der Waals surface area contributed by atoms with E-state index in [0.29, 0.717) is 18.1 Å². The highest BCUT2D eigenvalue weighted by Gasteiger charge is 2.09. The van der Waals surface area contributed by atoms with Crippen molar-refractivity contribution in [3.05, 3.63) is 35.5 Å². The minimum atomic E-state index is -0.251. The summed E-state index contributed by atoms with van der Waals surface area (Å²) in [6, 6.07) is 0. The summed E-state index contributed by atoms with van der Waals surface area (Å²) >= 11 is 0. The first-order valence-corrected chi connectivity index (χ1v) is 5.87. The van der Waals surface area contributed by atoms with E-state index in [1.54, 1.807) is 11.7 Å². The summed E-state index contributed by atoms with van der Waals surface area (Å²) in [4.78, 5) is 19.9. The Hall–Kier alpha value is -2.44. The van der Waals surface area contributed by atoms with E-state index in [-0.39, 0.29) is 5.91 Å². The lowest BCUT2D eigenvalue weighted by Gasteiger charge is -2.04. The van der Waals surface area contributed by atoms with Crippen molar-refractivity contribution < 1.29 is 4.79 Å². The lowest BCUT2D eigenvalue weighted by atomic mass is 10.2. The summed E-state index contributed by atoms with van der Waals surface area (Å²) in [5.74, 6) is 0.373. The number of hydrogen-bond donors (Lipinski definition) is 2. The molecule has 0 atom stereocenters. The van der Waals surface area contributed by atoms with Gasteiger partial charge in [0.25, 0.3) is 5.91 Å². The molecule has 7 heteroatoms. The van der Waals surface area contributed by atoms with Crippen LogP contribution in [0.1, 0.15) is 21.7 Å². The maximum atomic E-state index is 11.9. The zero-order valence-electron chi connectivity index (χ0n) is 11.1. The monoisotopic (exact) mass is 260 g/mol. The molecule has 0 unspecified atom stereocenters. The highest BCUT2D eigenvalue weighted by molar-refractivity contribution is 5.91. The normalized spacial score (nSPS) is 10.3. The maximum absolute atomic E-state index is 11.9. The minimum absolute atomic E-state index is 0.251. The Morgan fingerprint density at radius 1 is 1.37 bits per heavy atom. The van der Waals surface area contributed by atoms with Crippen LogP contribution in [0.5, 0.6) is 0 Å². The molecule has 100 valence electrons. The predicted molar refractivity (Wildman–Crippen MR) is 70.7 cm³/mol. The number of carbonyl (C=O) groups is 1. The smallest absolute Gasteiger partial charge is 0.271 e. The molecule has 0 saturated heterocycles. The van der Waals surface area contributed by atoms with E-state index < -0.39 is 0 Å². The van der Waals surface area contributed by atoms with Gasteiger partial charge in [-0.25, -0.2) is 9.97 Å². The summed E-state index contributed by atoms with van der Waals surface area (Å²) in [6.45, 7) is 2.33. The Kier molecular flexibility index (Phi) is 3.74. The molecule has 2 N–H and O–H groups in total. The van der Waals surface area contributed by atoms with Crippen molar-refractivity contribution in [3.8, 4) is 0 Å². The van der Waals surface area contributed by atoms with Gasteiger partial charge >= 0.3 is 0 Å². The fourth-order valence-electron chi connectivity index (χ4n) is 1.66. The van der Waals surface area contributed by atoms with Gasteiger partial charge in [-0.1, -0.05) is 0 Å². The lowest BCUT2D eigenvalue weighted by Crippen LogP contribution is -2.24. The number of aromatic nitrogens is 4. The molecule has 0 fully saturated rings. The summed E-state index contributed by atoms with van der Waals surface area (Å²) in [5.41, 5.74) is 2.18. The van der Waals surface area contributed by atoms with Crippen molar-refractivity contribution >= 4 is 11.7 Å². The second-order valence-corrected chi connectivity index (χ2v) is 4.13. The largest absolute Gasteiger partial charge is 0.372 e. The SMILES string of the molecule is CNc1cnc(C(=O)NCc2cn(C)nc2C)cn1. The minimum Gasteiger partial charge on any atom is -0.372 e. The van der Waals surface area contributed by atoms with Crippen LogP contribution in [0.25, 0.3) is 0 Å². The first kappa shape index (κ1) is 13.0. The molecule has 0 spiro atoms. The van der Waals surface area contributed by atoms with Crippen LogP contribution in [0.4, 0.5) is 5.82 Å². The van der Waals surface area contributed by atoms with Crippen molar-refractivity contribution in [3.63, 3.8) is 0 Å². The van der Waals surface area contributed by atoms with Gasteiger partial charge in [0, 0.05) is 32.4 Å². The van der Waals surface area contributed by atoms with Crippen LogP contribution in [0.3, 0.4) is 0 Å². The van der Waals surface area contributed by atoms with E-state index in [9.17, 15) is 4.79 Å². The summed E-state index contributed by atoms with van der Waals surface area (Å²) in [5, 5.41) is 9.85. The number of nitrogens with one attached hydrogen (secondary N) is 2. The van der Waals surface area contributed by atoms with Gasteiger partial charge in [0.15, 0.2) is 0 Å². The molecule has 0 saturated carbocycles. The van der Waals surface area contributed by atoms with Gasteiger partial charge in [-0.3, -0.25) is 9.48 Å². The molecule has 2 rings (SSSR count). The first-order valence-electron chi connectivity index (χ1n) is 5.87. The van der Waals surface area contributed by atoms with Crippen molar-refractivity contribution in [2.75, 3.05) is 12.4 Å². The number of nitrogens with zero attached hydrogens (tertiary/aromatic N) is 4. The molecule has 0 radical (unpaired) electrons. The first-order chi connectivity index (χ1) is 9.10. The van der Waals surface area contributed by atoms with E-state index in [1.807, 2.05) is 20.2 Å². The van der Waals surface area contributed by atoms with E-state index in [0.717, 1.165) is 11.3 Å². The van der Waals surface area contributed by atoms with E-state index in [1.165, 1.54) is 12.4 Å². The Labute approximate surface area is 111 Å². The van der Waals surface area contributed by atoms with Gasteiger partial charge in [0.1, 0.15) is 11.5 Å². The van der Waals surface area contributed by atoms with E-state index in [2.05, 4.69) is 25.7 Å². The number of aryl methyl sites for hydroxylation is 2. The highest BCUT2D eigenvalue weighted by Crippen LogP contribution is 2.05. The van der Waals surface area contributed by atoms with Crippen molar-refractivity contribution in [2.45, 2.75) is 13.5 Å². The van der Waals surface area contributed by atoms with Gasteiger partial charge in [-0.2, -0.15) is 5.10 Å². The maximum Gasteiger partial charge on any atom is 0.271 e. The molecular formula is C12H16N6O. The number of carbonyl (C=O) groups excluding carboxylic acids is 1. The second-order valence-electron chi connectivity index (χ2n) is 4.13. The van der Waals surface area contributed by atoms with Crippen molar-refractivity contribution in [2.24, 2.45) is 7.05 Å². The van der Waals surface area contributed by atoms with Gasteiger partial charge in [0.2, 0.25) is 0 Å². The quantitative estimate of drug-likeness (QED) is 0.835. The van der Waals surface area contributed by atoms with Crippen LogP contribution in [-0.4, -0.2) is 32.7 Å². The lowest BCUT2D eigenvalue weighted by molar-refractivity contribution is 0.0945. The average Bonchev–Trinajstić information content (AvgIpc) is 2.74. The molecule has 0 aromatic carbocycles. The standard InChI is InChI=1S/C12H16N6O/c1-8-9(7-18(3)17-8)4-16-12(19)10-5-15-11(13-2)6-14-10/h5-7H,4H2,1-3H3,(H,13,15)(H,16,19). The van der Waals surface area contributed by atoms with E-state index >= 15 is 0 Å². The third kappa shape index (κ3) is 3.06. The number of rotatable bonds is 4. The van der Waals surface area contributed by atoms with E-state index in [4.69, 9.17) is 0 Å². The van der Waals surface area contributed by atoms with Crippen LogP contribution in [0, 0.1) is 6.92 Å². The molecule has 0 aliphatic heterocycles. The summed E-state index contributed by atoms with van der Waals surface area (Å²) < 4.78 is 1.72. The summed E-state index contributed by atoms with van der Waals surface area (Å²) in [6.07, 6.45) is 4.84. The molecule has 0 aliphatic carbocycles. The molecule has 1 amide bonds. The van der Waals surface area contributed by atoms with Crippen LogP contribution < -0.4 is 10.6 Å². The number of hydrogen-bond acceptors (Lipinski definition) is 5. The third-order valence-corrected chi connectivity index (χ3v) is 2.70. The molecule has 2 aromatic heterocycles. The number of amides is 1. The van der Waals surface area contributed by atoms with Gasteiger partial charge < -0.3 is 10.6 Å². The second kappa shape index (κ2) is 5.47. The van der Waals surface area contributed by atoms with Crippen LogP contribution in [0.2, 0.25) is 0 Å². The molecule has 7 nitrogen and oxygen atoms in total. The van der Waals surface area contributed by atoms with Crippen molar-refractivity contribution in [1.82, 2.24) is 25.1 Å². The Morgan fingerprint density at radius 3 is 2.68 bits per heavy atom. The zero-order valence-corrected chi connectivity index (χ0v) is 11.1. The zero-order chi connectivity index (χ0) is 13.8. The van der Waals surface area contributed by atoms with Gasteiger partial charge in [-0.15, -0.1) is 0 Å². The molecule has 0 aliphatic rings. The van der Waals surface area contributed by atoms with Gasteiger partial charge in [0.05, 0.1) is 18.1 Å². The molecular weight excluding hydrogens is 244 g/mol. The van der Waals surface area contributed by atoms with Crippen LogP contribution in [-0.2, 0) is 13.6 Å². The Morgan fingerprint density at radius 2 is 2.16 bits per heavy atom. The topological polar surface area (TPSA) is 84.7 Å². The Balaban J connectivity index is 1.99. The molecule has 19 heavy (non-hydrogen) atoms.